The van der Waals surface area contributed by atoms with Crippen LogP contribution < -0.4 is 15.6 Å². The molecule has 7 nitrogen and oxygen atoms in total. The van der Waals surface area contributed by atoms with Crippen LogP contribution in [0.3, 0.4) is 0 Å². The number of nitrogens with one attached hydrogen (secondary N) is 1. The molecule has 0 aliphatic heterocycles. The van der Waals surface area contributed by atoms with Crippen molar-refractivity contribution < 1.29 is 13.9 Å². The Morgan fingerprint density at radius 2 is 2.12 bits per heavy atom. The molecule has 1 amide bonds. The lowest BCUT2D eigenvalue weighted by Gasteiger charge is -2.11. The molecule has 3 aromatic rings. The van der Waals surface area contributed by atoms with E-state index in [-0.39, 0.29) is 22.8 Å². The van der Waals surface area contributed by atoms with Crippen molar-refractivity contribution in [3.8, 4) is 17.0 Å². The zero-order valence-corrected chi connectivity index (χ0v) is 14.7. The molecule has 0 saturated heterocycles. The van der Waals surface area contributed by atoms with Gasteiger partial charge < -0.3 is 14.6 Å². The lowest BCUT2D eigenvalue weighted by atomic mass is 10.1. The average molecular weight is 358 g/mol. The molecule has 0 aliphatic rings. The van der Waals surface area contributed by atoms with Crippen LogP contribution >= 0.6 is 0 Å². The SMILES string of the molecule is CCCNC(=O)c1cn2cc(-c3ccc(OC)cc3F)n(C)c(=O)c2n1. The predicted octanol–water partition coefficient (Wildman–Crippen LogP) is 1.99. The number of nitrogens with zero attached hydrogens (tertiary/aromatic N) is 3. The van der Waals surface area contributed by atoms with Gasteiger partial charge in [0.2, 0.25) is 5.65 Å². The Hall–Kier alpha value is -3.16. The monoisotopic (exact) mass is 358 g/mol. The molecule has 136 valence electrons. The van der Waals surface area contributed by atoms with E-state index in [1.54, 1.807) is 18.3 Å². The van der Waals surface area contributed by atoms with Gasteiger partial charge in [0.1, 0.15) is 17.3 Å². The first kappa shape index (κ1) is 17.7. The zero-order chi connectivity index (χ0) is 18.8. The molecule has 1 N–H and O–H groups in total. The summed E-state index contributed by atoms with van der Waals surface area (Å²) >= 11 is 0. The highest BCUT2D eigenvalue weighted by Gasteiger charge is 2.17. The van der Waals surface area contributed by atoms with Crippen LogP contribution in [0, 0.1) is 5.82 Å². The second kappa shape index (κ2) is 6.99. The predicted molar refractivity (Wildman–Crippen MR) is 95.0 cm³/mol. The minimum absolute atomic E-state index is 0.104. The fourth-order valence-electron chi connectivity index (χ4n) is 2.65. The number of aromatic nitrogens is 3. The summed E-state index contributed by atoms with van der Waals surface area (Å²) in [6.45, 7) is 2.46. The number of fused-ring (bicyclic) bond motifs is 1. The smallest absolute Gasteiger partial charge is 0.294 e. The summed E-state index contributed by atoms with van der Waals surface area (Å²) in [4.78, 5) is 28.8. The van der Waals surface area contributed by atoms with Gasteiger partial charge in [0.15, 0.2) is 0 Å². The standard InChI is InChI=1S/C18H19FN4O3/c1-4-7-20-17(24)14-9-23-10-15(22(2)18(25)16(23)21-14)12-6-5-11(26-3)8-13(12)19/h5-6,8-10H,4,7H2,1-3H3,(H,20,24). The quantitative estimate of drug-likeness (QED) is 0.757. The third-order valence-electron chi connectivity index (χ3n) is 4.07. The number of methoxy groups -OCH3 is 1. The summed E-state index contributed by atoms with van der Waals surface area (Å²) < 4.78 is 22.2. The highest BCUT2D eigenvalue weighted by molar-refractivity contribution is 5.92. The van der Waals surface area contributed by atoms with E-state index in [9.17, 15) is 14.0 Å². The van der Waals surface area contributed by atoms with Crippen molar-refractivity contribution in [1.82, 2.24) is 19.3 Å². The van der Waals surface area contributed by atoms with Crippen molar-refractivity contribution >= 4 is 11.6 Å². The molecular weight excluding hydrogens is 339 g/mol. The van der Waals surface area contributed by atoms with Crippen LogP contribution in [0.25, 0.3) is 16.9 Å². The van der Waals surface area contributed by atoms with Gasteiger partial charge in [0.25, 0.3) is 11.5 Å². The van der Waals surface area contributed by atoms with E-state index in [1.165, 1.54) is 35.4 Å². The third kappa shape index (κ3) is 3.05. The maximum absolute atomic E-state index is 14.4. The Labute approximate surface area is 149 Å². The number of rotatable bonds is 5. The van der Waals surface area contributed by atoms with Crippen LogP contribution in [-0.2, 0) is 7.05 Å². The van der Waals surface area contributed by atoms with Crippen molar-refractivity contribution in [3.63, 3.8) is 0 Å². The van der Waals surface area contributed by atoms with E-state index in [1.807, 2.05) is 6.92 Å². The summed E-state index contributed by atoms with van der Waals surface area (Å²) in [7, 11) is 2.99. The first-order valence-corrected chi connectivity index (χ1v) is 8.17. The largest absolute Gasteiger partial charge is 0.497 e. The first-order chi connectivity index (χ1) is 12.5. The number of carbonyl (C=O) groups is 1. The first-order valence-electron chi connectivity index (χ1n) is 8.17. The summed E-state index contributed by atoms with van der Waals surface area (Å²) in [5.41, 5.74) is 0.431. The highest BCUT2D eigenvalue weighted by atomic mass is 19.1. The Morgan fingerprint density at radius 3 is 2.77 bits per heavy atom. The molecule has 0 saturated carbocycles. The second-order valence-electron chi connectivity index (χ2n) is 5.84. The van der Waals surface area contributed by atoms with Gasteiger partial charge in [-0.3, -0.25) is 14.0 Å². The number of ether oxygens (including phenoxy) is 1. The van der Waals surface area contributed by atoms with E-state index in [0.717, 1.165) is 6.42 Å². The highest BCUT2D eigenvalue weighted by Crippen LogP contribution is 2.25. The van der Waals surface area contributed by atoms with Gasteiger partial charge in [-0.05, 0) is 18.6 Å². The number of carbonyl (C=O) groups excluding carboxylic acids is 1. The summed E-state index contributed by atoms with van der Waals surface area (Å²) in [5, 5.41) is 2.71. The van der Waals surface area contributed by atoms with E-state index >= 15 is 0 Å². The van der Waals surface area contributed by atoms with Crippen molar-refractivity contribution in [1.29, 1.82) is 0 Å². The minimum Gasteiger partial charge on any atom is -0.497 e. The number of hydrogen-bond acceptors (Lipinski definition) is 4. The van der Waals surface area contributed by atoms with Gasteiger partial charge >= 0.3 is 0 Å². The lowest BCUT2D eigenvalue weighted by molar-refractivity contribution is 0.0949. The lowest BCUT2D eigenvalue weighted by Crippen LogP contribution is -2.24. The van der Waals surface area contributed by atoms with Crippen LogP contribution in [0.4, 0.5) is 4.39 Å². The molecule has 0 aliphatic carbocycles. The number of halogens is 1. The maximum Gasteiger partial charge on any atom is 0.294 e. The van der Waals surface area contributed by atoms with Crippen LogP contribution in [0.5, 0.6) is 5.75 Å². The van der Waals surface area contributed by atoms with Crippen LogP contribution in [-0.4, -0.2) is 33.5 Å². The van der Waals surface area contributed by atoms with Crippen molar-refractivity contribution in [3.05, 3.63) is 52.5 Å². The van der Waals surface area contributed by atoms with Crippen LogP contribution in [0.1, 0.15) is 23.8 Å². The average Bonchev–Trinajstić information content (AvgIpc) is 3.07. The van der Waals surface area contributed by atoms with Gasteiger partial charge in [0, 0.05) is 37.6 Å². The van der Waals surface area contributed by atoms with E-state index < -0.39 is 11.4 Å². The van der Waals surface area contributed by atoms with Crippen LogP contribution in [0.2, 0.25) is 0 Å². The Morgan fingerprint density at radius 1 is 1.35 bits per heavy atom. The number of amides is 1. The molecule has 0 radical (unpaired) electrons. The topological polar surface area (TPSA) is 77.6 Å². The molecular formula is C18H19FN4O3. The molecule has 0 spiro atoms. The minimum atomic E-state index is -0.514. The molecule has 2 heterocycles. The molecule has 0 bridgehead atoms. The van der Waals surface area contributed by atoms with E-state index in [0.29, 0.717) is 18.0 Å². The Bertz CT molecular complexity index is 1040. The normalized spacial score (nSPS) is 10.9. The molecule has 8 heteroatoms. The third-order valence-corrected chi connectivity index (χ3v) is 4.07. The van der Waals surface area contributed by atoms with E-state index in [4.69, 9.17) is 4.74 Å². The van der Waals surface area contributed by atoms with Crippen LogP contribution in [0.15, 0.2) is 35.4 Å². The molecule has 2 aromatic heterocycles. The molecule has 3 rings (SSSR count). The van der Waals surface area contributed by atoms with Crippen molar-refractivity contribution in [2.75, 3.05) is 13.7 Å². The number of benzene rings is 1. The van der Waals surface area contributed by atoms with Crippen molar-refractivity contribution in [2.45, 2.75) is 13.3 Å². The maximum atomic E-state index is 14.4. The fourth-order valence-corrected chi connectivity index (χ4v) is 2.65. The van der Waals surface area contributed by atoms with Crippen molar-refractivity contribution in [2.24, 2.45) is 7.05 Å². The molecule has 1 aromatic carbocycles. The van der Waals surface area contributed by atoms with E-state index in [2.05, 4.69) is 10.3 Å². The summed E-state index contributed by atoms with van der Waals surface area (Å²) in [5.74, 6) is -0.482. The molecule has 0 unspecified atom stereocenters. The Balaban J connectivity index is 2.12. The summed E-state index contributed by atoms with van der Waals surface area (Å²) in [6.07, 6.45) is 3.83. The molecule has 0 atom stereocenters. The zero-order valence-electron chi connectivity index (χ0n) is 14.7. The molecule has 0 fully saturated rings. The van der Waals surface area contributed by atoms with Gasteiger partial charge in [-0.15, -0.1) is 0 Å². The number of hydrogen-bond donors (Lipinski definition) is 1. The van der Waals surface area contributed by atoms with Gasteiger partial charge in [-0.1, -0.05) is 6.92 Å². The Kier molecular flexibility index (Phi) is 4.75. The number of imidazole rings is 1. The fraction of sp³-hybridized carbons (Fsp3) is 0.278. The van der Waals surface area contributed by atoms with Gasteiger partial charge in [-0.25, -0.2) is 9.37 Å². The molecule has 26 heavy (non-hydrogen) atoms. The summed E-state index contributed by atoms with van der Waals surface area (Å²) in [6, 6.07) is 4.41. The van der Waals surface area contributed by atoms with Gasteiger partial charge in [-0.2, -0.15) is 0 Å². The second-order valence-corrected chi connectivity index (χ2v) is 5.84. The van der Waals surface area contributed by atoms with Gasteiger partial charge in [0.05, 0.1) is 12.8 Å².